The van der Waals surface area contributed by atoms with Crippen molar-refractivity contribution in [3.8, 4) is 0 Å². The summed E-state index contributed by atoms with van der Waals surface area (Å²) < 4.78 is 14.3. The number of nitrogens with zero attached hydrogens (tertiary/aromatic N) is 1. The van der Waals surface area contributed by atoms with Gasteiger partial charge in [0.1, 0.15) is 11.9 Å². The fourth-order valence-electron chi connectivity index (χ4n) is 2.66. The Morgan fingerprint density at radius 2 is 1.92 bits per heavy atom. The molecular formula is C19H20ClFN2O3. The highest BCUT2D eigenvalue weighted by atomic mass is 35.5. The highest BCUT2D eigenvalue weighted by molar-refractivity contribution is 6.31. The van der Waals surface area contributed by atoms with Gasteiger partial charge in [-0.15, -0.1) is 0 Å². The number of carbonyl (C=O) groups excluding carboxylic acids is 1. The van der Waals surface area contributed by atoms with Gasteiger partial charge >= 0.3 is 5.97 Å². The maximum absolute atomic E-state index is 14.3. The molecule has 7 heteroatoms. The minimum atomic E-state index is -0.911. The van der Waals surface area contributed by atoms with Gasteiger partial charge in [-0.3, -0.25) is 14.5 Å². The van der Waals surface area contributed by atoms with Gasteiger partial charge in [0.15, 0.2) is 0 Å². The van der Waals surface area contributed by atoms with Crippen LogP contribution in [0.25, 0.3) is 0 Å². The molecule has 0 saturated heterocycles. The third-order valence-corrected chi connectivity index (χ3v) is 4.19. The minimum Gasteiger partial charge on any atom is -0.481 e. The molecule has 2 N–H and O–H groups in total. The highest BCUT2D eigenvalue weighted by Gasteiger charge is 2.28. The van der Waals surface area contributed by atoms with Crippen LogP contribution in [-0.4, -0.2) is 36.0 Å². The Kier molecular flexibility index (Phi) is 6.71. The van der Waals surface area contributed by atoms with Crippen molar-refractivity contribution in [1.82, 2.24) is 4.90 Å². The highest BCUT2D eigenvalue weighted by Crippen LogP contribution is 2.30. The van der Waals surface area contributed by atoms with E-state index in [1.807, 2.05) is 0 Å². The lowest BCUT2D eigenvalue weighted by atomic mass is 10.0. The van der Waals surface area contributed by atoms with Crippen molar-refractivity contribution in [3.63, 3.8) is 0 Å². The molecule has 1 atom stereocenters. The number of rotatable bonds is 7. The summed E-state index contributed by atoms with van der Waals surface area (Å²) in [6.45, 7) is 0. The SMILES string of the molecule is CN(C)C(C(=O)Nc1cccc(CCC(=O)O)c1)c1c(F)cccc1Cl. The van der Waals surface area contributed by atoms with Gasteiger partial charge in [-0.05, 0) is 50.3 Å². The number of carboxylic acid groups (broad SMARTS) is 1. The van der Waals surface area contributed by atoms with Crippen molar-refractivity contribution in [3.05, 3.63) is 64.4 Å². The first-order valence-electron chi connectivity index (χ1n) is 8.01. The number of carboxylic acids is 1. The van der Waals surface area contributed by atoms with E-state index in [-0.39, 0.29) is 17.0 Å². The van der Waals surface area contributed by atoms with Crippen molar-refractivity contribution in [1.29, 1.82) is 0 Å². The number of likely N-dealkylation sites (N-methyl/N-ethyl adjacent to an activating group) is 1. The van der Waals surface area contributed by atoms with Crippen molar-refractivity contribution in [2.24, 2.45) is 0 Å². The third-order valence-electron chi connectivity index (χ3n) is 3.86. The van der Waals surface area contributed by atoms with Crippen LogP contribution >= 0.6 is 11.6 Å². The molecule has 0 aliphatic rings. The Labute approximate surface area is 156 Å². The zero-order valence-corrected chi connectivity index (χ0v) is 15.3. The second-order valence-corrected chi connectivity index (χ2v) is 6.49. The van der Waals surface area contributed by atoms with E-state index in [0.717, 1.165) is 5.56 Å². The maximum Gasteiger partial charge on any atom is 0.303 e. The van der Waals surface area contributed by atoms with Crippen LogP contribution in [0.5, 0.6) is 0 Å². The molecule has 0 fully saturated rings. The van der Waals surface area contributed by atoms with E-state index in [9.17, 15) is 14.0 Å². The van der Waals surface area contributed by atoms with E-state index in [0.29, 0.717) is 12.1 Å². The summed E-state index contributed by atoms with van der Waals surface area (Å²) >= 11 is 6.11. The zero-order chi connectivity index (χ0) is 19.3. The quantitative estimate of drug-likeness (QED) is 0.770. The molecule has 5 nitrogen and oxygen atoms in total. The molecule has 138 valence electrons. The molecule has 0 aliphatic carbocycles. The molecular weight excluding hydrogens is 359 g/mol. The van der Waals surface area contributed by atoms with Gasteiger partial charge in [-0.2, -0.15) is 0 Å². The lowest BCUT2D eigenvalue weighted by Crippen LogP contribution is -2.33. The summed E-state index contributed by atoms with van der Waals surface area (Å²) in [5.41, 5.74) is 1.41. The minimum absolute atomic E-state index is 0.00254. The molecule has 0 radical (unpaired) electrons. The Bertz CT molecular complexity index is 791. The van der Waals surface area contributed by atoms with Gasteiger partial charge in [0.05, 0.1) is 0 Å². The summed E-state index contributed by atoms with van der Waals surface area (Å²) in [7, 11) is 3.33. The summed E-state index contributed by atoms with van der Waals surface area (Å²) in [6.07, 6.45) is 0.359. The van der Waals surface area contributed by atoms with E-state index >= 15 is 0 Å². The number of halogens is 2. The second-order valence-electron chi connectivity index (χ2n) is 6.08. The fourth-order valence-corrected chi connectivity index (χ4v) is 2.93. The van der Waals surface area contributed by atoms with Crippen LogP contribution in [0, 0.1) is 5.82 Å². The van der Waals surface area contributed by atoms with Crippen LogP contribution in [0.1, 0.15) is 23.6 Å². The predicted octanol–water partition coefficient (Wildman–Crippen LogP) is 3.74. The van der Waals surface area contributed by atoms with Gasteiger partial charge in [0.25, 0.3) is 0 Å². The van der Waals surface area contributed by atoms with Crippen LogP contribution < -0.4 is 5.32 Å². The third kappa shape index (κ3) is 5.03. The van der Waals surface area contributed by atoms with Gasteiger partial charge in [0.2, 0.25) is 5.91 Å². The lowest BCUT2D eigenvalue weighted by Gasteiger charge is -2.25. The Morgan fingerprint density at radius 1 is 1.23 bits per heavy atom. The van der Waals surface area contributed by atoms with Gasteiger partial charge < -0.3 is 10.4 Å². The second kappa shape index (κ2) is 8.78. The molecule has 0 aliphatic heterocycles. The van der Waals surface area contributed by atoms with E-state index in [2.05, 4.69) is 5.32 Å². The van der Waals surface area contributed by atoms with Crippen LogP contribution in [0.4, 0.5) is 10.1 Å². The average molecular weight is 379 g/mol. The molecule has 2 aromatic rings. The standard InChI is InChI=1S/C19H20ClFN2O3/c1-23(2)18(17-14(20)7-4-8-15(17)21)19(26)22-13-6-3-5-12(11-13)9-10-16(24)25/h3-8,11,18H,9-10H2,1-2H3,(H,22,26)(H,24,25). The Balaban J connectivity index is 2.23. The topological polar surface area (TPSA) is 69.6 Å². The zero-order valence-electron chi connectivity index (χ0n) is 14.5. The summed E-state index contributed by atoms with van der Waals surface area (Å²) in [6, 6.07) is 10.3. The van der Waals surface area contributed by atoms with Crippen LogP contribution in [0.2, 0.25) is 5.02 Å². The first-order valence-corrected chi connectivity index (χ1v) is 8.39. The number of hydrogen-bond donors (Lipinski definition) is 2. The van der Waals surface area contributed by atoms with E-state index < -0.39 is 23.7 Å². The molecule has 0 spiro atoms. The summed E-state index contributed by atoms with van der Waals surface area (Å²) in [5, 5.41) is 11.7. The molecule has 1 amide bonds. The number of benzene rings is 2. The van der Waals surface area contributed by atoms with Crippen molar-refractivity contribution in [2.45, 2.75) is 18.9 Å². The van der Waals surface area contributed by atoms with Crippen molar-refractivity contribution in [2.75, 3.05) is 19.4 Å². The monoisotopic (exact) mass is 378 g/mol. The van der Waals surface area contributed by atoms with Crippen LogP contribution in [-0.2, 0) is 16.0 Å². The van der Waals surface area contributed by atoms with Crippen molar-refractivity contribution < 1.29 is 19.1 Å². The largest absolute Gasteiger partial charge is 0.481 e. The molecule has 0 bridgehead atoms. The summed E-state index contributed by atoms with van der Waals surface area (Å²) in [4.78, 5) is 25.0. The lowest BCUT2D eigenvalue weighted by molar-refractivity contribution is -0.137. The maximum atomic E-state index is 14.3. The average Bonchev–Trinajstić information content (AvgIpc) is 2.56. The Hall–Kier alpha value is -2.44. The van der Waals surface area contributed by atoms with Crippen LogP contribution in [0.3, 0.4) is 0 Å². The number of aliphatic carboxylic acids is 1. The van der Waals surface area contributed by atoms with Gasteiger partial charge in [-0.1, -0.05) is 29.8 Å². The molecule has 2 aromatic carbocycles. The molecule has 0 aromatic heterocycles. The molecule has 0 saturated carbocycles. The Morgan fingerprint density at radius 3 is 2.54 bits per heavy atom. The fraction of sp³-hybridized carbons (Fsp3) is 0.263. The molecule has 1 unspecified atom stereocenters. The number of anilines is 1. The number of carbonyl (C=O) groups is 2. The smallest absolute Gasteiger partial charge is 0.303 e. The number of nitrogens with one attached hydrogen (secondary N) is 1. The van der Waals surface area contributed by atoms with Gasteiger partial charge in [-0.25, -0.2) is 4.39 Å². The number of aryl methyl sites for hydroxylation is 1. The summed E-state index contributed by atoms with van der Waals surface area (Å²) in [5.74, 6) is -1.87. The predicted molar refractivity (Wildman–Crippen MR) is 98.9 cm³/mol. The number of hydrogen-bond acceptors (Lipinski definition) is 3. The first-order chi connectivity index (χ1) is 12.3. The van der Waals surface area contributed by atoms with E-state index in [1.165, 1.54) is 18.2 Å². The van der Waals surface area contributed by atoms with E-state index in [1.54, 1.807) is 43.3 Å². The van der Waals surface area contributed by atoms with E-state index in [4.69, 9.17) is 16.7 Å². The van der Waals surface area contributed by atoms with Crippen LogP contribution in [0.15, 0.2) is 42.5 Å². The molecule has 26 heavy (non-hydrogen) atoms. The normalized spacial score (nSPS) is 12.0. The first kappa shape index (κ1) is 19.9. The van der Waals surface area contributed by atoms with Gasteiger partial charge in [0, 0.05) is 22.7 Å². The molecule has 0 heterocycles. The number of amides is 1. The van der Waals surface area contributed by atoms with Crippen molar-refractivity contribution >= 4 is 29.2 Å². The molecule has 2 rings (SSSR count).